The van der Waals surface area contributed by atoms with Gasteiger partial charge in [-0.25, -0.2) is 0 Å². The zero-order valence-electron chi connectivity index (χ0n) is 8.58. The molecular weight excluding hydrogens is 277 g/mol. The van der Waals surface area contributed by atoms with Gasteiger partial charge in [-0.15, -0.1) is 5.10 Å². The molecule has 1 aromatic rings. The van der Waals surface area contributed by atoms with Crippen LogP contribution < -0.4 is 0 Å². The van der Waals surface area contributed by atoms with E-state index < -0.39 is 0 Å². The second-order valence-corrected chi connectivity index (χ2v) is 5.22. The maximum absolute atomic E-state index is 5.82. The van der Waals surface area contributed by atoms with Crippen LogP contribution in [0.15, 0.2) is 10.5 Å². The van der Waals surface area contributed by atoms with Gasteiger partial charge in [-0.1, -0.05) is 11.6 Å². The number of halogens is 2. The minimum absolute atomic E-state index is 0.433. The molecule has 0 bridgehead atoms. The van der Waals surface area contributed by atoms with Gasteiger partial charge in [0.25, 0.3) is 0 Å². The quantitative estimate of drug-likeness (QED) is 0.796. The first-order chi connectivity index (χ1) is 7.16. The molecule has 1 aliphatic rings. The molecule has 15 heavy (non-hydrogen) atoms. The van der Waals surface area contributed by atoms with E-state index in [2.05, 4.69) is 38.1 Å². The molecule has 1 atom stereocenters. The molecular formula is C10H13BrClN3. The summed E-state index contributed by atoms with van der Waals surface area (Å²) in [4.78, 5) is 2.33. The maximum atomic E-state index is 5.82. The molecule has 1 aliphatic heterocycles. The van der Waals surface area contributed by atoms with E-state index in [1.807, 2.05) is 6.07 Å². The minimum Gasteiger partial charge on any atom is -0.306 e. The highest BCUT2D eigenvalue weighted by atomic mass is 79.9. The van der Waals surface area contributed by atoms with Gasteiger partial charge >= 0.3 is 0 Å². The topological polar surface area (TPSA) is 29.0 Å². The Balaban J connectivity index is 2.18. The summed E-state index contributed by atoms with van der Waals surface area (Å²) < 4.78 is 0.836. The Kier molecular flexibility index (Phi) is 3.59. The average Bonchev–Trinajstić information content (AvgIpc) is 2.22. The number of likely N-dealkylation sites (N-methyl/N-ethyl adjacent to an activating group) is 1. The number of hydrogen-bond acceptors (Lipinski definition) is 3. The zero-order chi connectivity index (χ0) is 10.8. The molecule has 2 heterocycles. The molecule has 0 aliphatic carbocycles. The largest absolute Gasteiger partial charge is 0.306 e. The molecule has 1 fully saturated rings. The summed E-state index contributed by atoms with van der Waals surface area (Å²) in [5.74, 6) is 0.491. The second-order valence-electron chi connectivity index (χ2n) is 4.01. The predicted molar refractivity (Wildman–Crippen MR) is 64.2 cm³/mol. The van der Waals surface area contributed by atoms with Gasteiger partial charge in [-0.05, 0) is 48.4 Å². The lowest BCUT2D eigenvalue weighted by Gasteiger charge is -2.28. The summed E-state index contributed by atoms with van der Waals surface area (Å²) in [7, 11) is 2.14. The van der Waals surface area contributed by atoms with Crippen LogP contribution in [0.1, 0.15) is 24.5 Å². The van der Waals surface area contributed by atoms with Crippen LogP contribution in [0.2, 0.25) is 5.15 Å². The molecule has 82 valence electrons. The first-order valence-corrected chi connectivity index (χ1v) is 6.21. The van der Waals surface area contributed by atoms with Gasteiger partial charge in [0, 0.05) is 12.5 Å². The standard InChI is InChI=1S/C10H13BrClN3/c1-15-4-2-3-7(6-15)9-5-8(11)10(12)14-13-9/h5,7H,2-4,6H2,1H3. The fourth-order valence-corrected chi connectivity index (χ4v) is 2.38. The van der Waals surface area contributed by atoms with E-state index in [1.165, 1.54) is 19.4 Å². The molecule has 2 rings (SSSR count). The molecule has 0 amide bonds. The number of piperidine rings is 1. The van der Waals surface area contributed by atoms with Crippen LogP contribution in [-0.4, -0.2) is 35.2 Å². The van der Waals surface area contributed by atoms with Crippen molar-refractivity contribution in [3.8, 4) is 0 Å². The van der Waals surface area contributed by atoms with Gasteiger partial charge in [-0.2, -0.15) is 5.10 Å². The first kappa shape index (κ1) is 11.3. The lowest BCUT2D eigenvalue weighted by atomic mass is 9.95. The van der Waals surface area contributed by atoms with E-state index in [4.69, 9.17) is 11.6 Å². The predicted octanol–water partition coefficient (Wildman–Crippen LogP) is 2.70. The van der Waals surface area contributed by atoms with E-state index in [0.29, 0.717) is 11.1 Å². The summed E-state index contributed by atoms with van der Waals surface area (Å²) in [6.07, 6.45) is 2.41. The molecule has 0 N–H and O–H groups in total. The highest BCUT2D eigenvalue weighted by molar-refractivity contribution is 9.10. The van der Waals surface area contributed by atoms with Crippen molar-refractivity contribution < 1.29 is 0 Å². The van der Waals surface area contributed by atoms with Crippen LogP contribution >= 0.6 is 27.5 Å². The number of hydrogen-bond donors (Lipinski definition) is 0. The summed E-state index contributed by atoms with van der Waals surface area (Å²) in [5, 5.41) is 8.52. The van der Waals surface area contributed by atoms with Crippen LogP contribution in [0.5, 0.6) is 0 Å². The molecule has 0 saturated carbocycles. The van der Waals surface area contributed by atoms with E-state index in [-0.39, 0.29) is 0 Å². The van der Waals surface area contributed by atoms with Crippen molar-refractivity contribution >= 4 is 27.5 Å². The van der Waals surface area contributed by atoms with Gasteiger partial charge in [-0.3, -0.25) is 0 Å². The third-order valence-corrected chi connectivity index (χ3v) is 3.88. The Morgan fingerprint density at radius 3 is 3.00 bits per heavy atom. The number of likely N-dealkylation sites (tertiary alicyclic amines) is 1. The molecule has 1 aromatic heterocycles. The van der Waals surface area contributed by atoms with Crippen LogP contribution in [0.4, 0.5) is 0 Å². The smallest absolute Gasteiger partial charge is 0.165 e. The van der Waals surface area contributed by atoms with Gasteiger partial charge in [0.1, 0.15) is 0 Å². The zero-order valence-corrected chi connectivity index (χ0v) is 10.9. The van der Waals surface area contributed by atoms with Crippen LogP contribution in [0.3, 0.4) is 0 Å². The molecule has 1 saturated heterocycles. The van der Waals surface area contributed by atoms with E-state index in [9.17, 15) is 0 Å². The van der Waals surface area contributed by atoms with Crippen molar-refractivity contribution in [1.82, 2.24) is 15.1 Å². The highest BCUT2D eigenvalue weighted by Gasteiger charge is 2.20. The Morgan fingerprint density at radius 2 is 2.33 bits per heavy atom. The summed E-state index contributed by atoms with van der Waals surface area (Å²) in [5.41, 5.74) is 1.04. The van der Waals surface area contributed by atoms with Crippen LogP contribution in [0, 0.1) is 0 Å². The minimum atomic E-state index is 0.433. The van der Waals surface area contributed by atoms with Crippen LogP contribution in [0.25, 0.3) is 0 Å². The normalized spacial score (nSPS) is 23.0. The van der Waals surface area contributed by atoms with Crippen molar-refractivity contribution in [2.45, 2.75) is 18.8 Å². The monoisotopic (exact) mass is 289 g/mol. The van der Waals surface area contributed by atoms with Gasteiger partial charge < -0.3 is 4.90 Å². The van der Waals surface area contributed by atoms with Crippen molar-refractivity contribution in [1.29, 1.82) is 0 Å². The fraction of sp³-hybridized carbons (Fsp3) is 0.600. The van der Waals surface area contributed by atoms with Crippen molar-refractivity contribution in [3.63, 3.8) is 0 Å². The average molecular weight is 291 g/mol. The van der Waals surface area contributed by atoms with Crippen molar-refractivity contribution in [3.05, 3.63) is 21.4 Å². The Labute approximate surface area is 103 Å². The lowest BCUT2D eigenvalue weighted by molar-refractivity contribution is 0.248. The van der Waals surface area contributed by atoms with Crippen LogP contribution in [-0.2, 0) is 0 Å². The fourth-order valence-electron chi connectivity index (χ4n) is 1.97. The van der Waals surface area contributed by atoms with E-state index >= 15 is 0 Å². The van der Waals surface area contributed by atoms with Gasteiger partial charge in [0.2, 0.25) is 0 Å². The molecule has 0 radical (unpaired) electrons. The third kappa shape index (κ3) is 2.68. The third-order valence-electron chi connectivity index (χ3n) is 2.77. The molecule has 5 heteroatoms. The Bertz CT molecular complexity index is 359. The lowest BCUT2D eigenvalue weighted by Crippen LogP contribution is -2.31. The molecule has 3 nitrogen and oxygen atoms in total. The van der Waals surface area contributed by atoms with Crippen molar-refractivity contribution in [2.75, 3.05) is 20.1 Å². The second kappa shape index (κ2) is 4.76. The van der Waals surface area contributed by atoms with E-state index in [0.717, 1.165) is 16.7 Å². The number of rotatable bonds is 1. The molecule has 0 aromatic carbocycles. The van der Waals surface area contributed by atoms with Gasteiger partial charge in [0.15, 0.2) is 5.15 Å². The maximum Gasteiger partial charge on any atom is 0.165 e. The number of nitrogens with zero attached hydrogens (tertiary/aromatic N) is 3. The van der Waals surface area contributed by atoms with E-state index in [1.54, 1.807) is 0 Å². The first-order valence-electron chi connectivity index (χ1n) is 5.04. The SMILES string of the molecule is CN1CCCC(c2cc(Br)c(Cl)nn2)C1. The Hall–Kier alpha value is -0.190. The van der Waals surface area contributed by atoms with Gasteiger partial charge in [0.05, 0.1) is 10.2 Å². The van der Waals surface area contributed by atoms with Crippen molar-refractivity contribution in [2.24, 2.45) is 0 Å². The molecule has 0 spiro atoms. The summed E-state index contributed by atoms with van der Waals surface area (Å²) >= 11 is 9.20. The summed E-state index contributed by atoms with van der Waals surface area (Å²) in [6.45, 7) is 2.24. The number of aromatic nitrogens is 2. The Morgan fingerprint density at radius 1 is 1.53 bits per heavy atom. The highest BCUT2D eigenvalue weighted by Crippen LogP contribution is 2.28. The summed E-state index contributed by atoms with van der Waals surface area (Å²) in [6, 6.07) is 1.99. The molecule has 1 unspecified atom stereocenters.